The number of hydrogen-bond acceptors (Lipinski definition) is 1. The Bertz CT molecular complexity index is 300. The van der Waals surface area contributed by atoms with E-state index in [2.05, 4.69) is 9.80 Å². The quantitative estimate of drug-likeness (QED) is 0.613. The molecular weight excluding hydrogens is 200 g/mol. The van der Waals surface area contributed by atoms with Crippen LogP contribution < -0.4 is 0 Å². The molecule has 3 heteroatoms. The van der Waals surface area contributed by atoms with E-state index < -0.39 is 0 Å². The van der Waals surface area contributed by atoms with E-state index in [9.17, 15) is 4.79 Å². The highest BCUT2D eigenvalue weighted by Crippen LogP contribution is 2.41. The molecule has 88 valence electrons. The lowest BCUT2D eigenvalue weighted by Gasteiger charge is -2.35. The summed E-state index contributed by atoms with van der Waals surface area (Å²) in [5, 5.41) is 0. The fourth-order valence-electron chi connectivity index (χ4n) is 4.48. The van der Waals surface area contributed by atoms with Gasteiger partial charge in [0.15, 0.2) is 0 Å². The zero-order chi connectivity index (χ0) is 10.7. The van der Waals surface area contributed by atoms with Gasteiger partial charge >= 0.3 is 6.03 Å². The fraction of sp³-hybridized carbons (Fsp3) is 0.923. The van der Waals surface area contributed by atoms with Crippen LogP contribution in [0.3, 0.4) is 0 Å². The molecule has 2 saturated heterocycles. The van der Waals surface area contributed by atoms with Crippen molar-refractivity contribution in [1.82, 2.24) is 9.80 Å². The summed E-state index contributed by atoms with van der Waals surface area (Å²) in [5.74, 6) is 1.66. The Morgan fingerprint density at radius 3 is 1.62 bits per heavy atom. The zero-order valence-corrected chi connectivity index (χ0v) is 9.77. The lowest BCUT2D eigenvalue weighted by Crippen LogP contribution is -2.49. The summed E-state index contributed by atoms with van der Waals surface area (Å²) in [6.45, 7) is 2.11. The number of carbonyl (C=O) groups is 1. The van der Waals surface area contributed by atoms with Crippen molar-refractivity contribution in [1.29, 1.82) is 0 Å². The summed E-state index contributed by atoms with van der Waals surface area (Å²) < 4.78 is 0. The lowest BCUT2D eigenvalue weighted by atomic mass is 10.1. The maximum atomic E-state index is 12.5. The van der Waals surface area contributed by atoms with E-state index in [4.69, 9.17) is 0 Å². The van der Waals surface area contributed by atoms with Gasteiger partial charge in [0.05, 0.1) is 0 Å². The maximum Gasteiger partial charge on any atom is 0.320 e. The van der Waals surface area contributed by atoms with Crippen molar-refractivity contribution in [2.75, 3.05) is 13.1 Å². The minimum Gasteiger partial charge on any atom is -0.321 e. The molecular formula is C13H20N2O. The number of nitrogens with zero attached hydrogens (tertiary/aromatic N) is 2. The number of hydrogen-bond donors (Lipinski definition) is 0. The van der Waals surface area contributed by atoms with Gasteiger partial charge in [-0.3, -0.25) is 0 Å². The highest BCUT2D eigenvalue weighted by atomic mass is 16.2. The van der Waals surface area contributed by atoms with Gasteiger partial charge in [-0.05, 0) is 50.4 Å². The first-order valence-electron chi connectivity index (χ1n) is 6.88. The summed E-state index contributed by atoms with van der Waals surface area (Å²) in [5.41, 5.74) is 0. The summed E-state index contributed by atoms with van der Waals surface area (Å²) in [4.78, 5) is 16.9. The SMILES string of the molecule is O=C(N1CC2CCC1C2)N1CC2CCC1C2. The number of fused-ring (bicyclic) bond motifs is 4. The van der Waals surface area contributed by atoms with Gasteiger partial charge in [-0.25, -0.2) is 4.79 Å². The van der Waals surface area contributed by atoms with Crippen LogP contribution in [0.4, 0.5) is 4.79 Å². The van der Waals surface area contributed by atoms with Crippen LogP contribution in [0.5, 0.6) is 0 Å². The highest BCUT2D eigenvalue weighted by Gasteiger charge is 2.46. The normalized spacial score (nSPS) is 44.8. The van der Waals surface area contributed by atoms with Crippen LogP contribution in [0.1, 0.15) is 38.5 Å². The Hall–Kier alpha value is -0.730. The van der Waals surface area contributed by atoms with Crippen molar-refractivity contribution >= 4 is 6.03 Å². The van der Waals surface area contributed by atoms with E-state index in [1.807, 2.05) is 0 Å². The van der Waals surface area contributed by atoms with Gasteiger partial charge in [0.2, 0.25) is 0 Å². The van der Waals surface area contributed by atoms with Crippen LogP contribution >= 0.6 is 0 Å². The number of amides is 2. The number of piperidine rings is 2. The summed E-state index contributed by atoms with van der Waals surface area (Å²) in [7, 11) is 0. The molecule has 0 N–H and O–H groups in total. The standard InChI is InChI=1S/C13H20N2O/c16-13(14-7-9-1-3-11(14)5-9)15-8-10-2-4-12(15)6-10/h9-12H,1-8H2. The number of rotatable bonds is 0. The van der Waals surface area contributed by atoms with E-state index in [-0.39, 0.29) is 0 Å². The van der Waals surface area contributed by atoms with Crippen LogP contribution in [0.2, 0.25) is 0 Å². The Kier molecular flexibility index (Phi) is 1.83. The molecule has 0 aromatic carbocycles. The van der Waals surface area contributed by atoms with Gasteiger partial charge in [-0.1, -0.05) is 0 Å². The van der Waals surface area contributed by atoms with E-state index in [1.54, 1.807) is 0 Å². The van der Waals surface area contributed by atoms with Crippen LogP contribution in [0, 0.1) is 11.8 Å². The summed E-state index contributed by atoms with van der Waals surface area (Å²) in [6, 6.07) is 1.56. The molecule has 4 rings (SSSR count). The molecule has 0 radical (unpaired) electrons. The molecule has 2 heterocycles. The third kappa shape index (κ3) is 1.17. The fourth-order valence-corrected chi connectivity index (χ4v) is 4.48. The Morgan fingerprint density at radius 1 is 0.812 bits per heavy atom. The van der Waals surface area contributed by atoms with Crippen LogP contribution in [-0.2, 0) is 0 Å². The average molecular weight is 220 g/mol. The smallest absolute Gasteiger partial charge is 0.320 e. The second-order valence-electron chi connectivity index (χ2n) is 6.25. The molecule has 4 bridgehead atoms. The van der Waals surface area contributed by atoms with E-state index in [0.717, 1.165) is 24.9 Å². The monoisotopic (exact) mass is 220 g/mol. The molecule has 4 atom stereocenters. The van der Waals surface area contributed by atoms with Crippen LogP contribution in [-0.4, -0.2) is 41.0 Å². The second kappa shape index (κ2) is 3.14. The minimum atomic E-state index is 0.374. The van der Waals surface area contributed by atoms with E-state index in [0.29, 0.717) is 18.1 Å². The molecule has 0 spiro atoms. The zero-order valence-electron chi connectivity index (χ0n) is 9.77. The number of likely N-dealkylation sites (tertiary alicyclic amines) is 2. The Morgan fingerprint density at radius 2 is 1.31 bits per heavy atom. The van der Waals surface area contributed by atoms with Crippen LogP contribution in [0.25, 0.3) is 0 Å². The minimum absolute atomic E-state index is 0.374. The van der Waals surface area contributed by atoms with Crippen molar-refractivity contribution < 1.29 is 4.79 Å². The lowest BCUT2D eigenvalue weighted by molar-refractivity contribution is 0.126. The molecule has 2 amide bonds. The topological polar surface area (TPSA) is 23.6 Å². The second-order valence-corrected chi connectivity index (χ2v) is 6.25. The first-order valence-corrected chi connectivity index (χ1v) is 6.88. The molecule has 2 aliphatic carbocycles. The molecule has 4 unspecified atom stereocenters. The first kappa shape index (κ1) is 9.32. The number of carbonyl (C=O) groups excluding carboxylic acids is 1. The molecule has 2 saturated carbocycles. The van der Waals surface area contributed by atoms with Gasteiger partial charge in [-0.2, -0.15) is 0 Å². The van der Waals surface area contributed by atoms with Crippen molar-refractivity contribution in [3.8, 4) is 0 Å². The molecule has 4 fully saturated rings. The van der Waals surface area contributed by atoms with Crippen molar-refractivity contribution in [3.63, 3.8) is 0 Å². The van der Waals surface area contributed by atoms with Gasteiger partial charge in [0, 0.05) is 25.2 Å². The maximum absolute atomic E-state index is 12.5. The van der Waals surface area contributed by atoms with Crippen molar-refractivity contribution in [2.24, 2.45) is 11.8 Å². The third-order valence-electron chi connectivity index (χ3n) is 5.31. The van der Waals surface area contributed by atoms with Crippen LogP contribution in [0.15, 0.2) is 0 Å². The summed E-state index contributed by atoms with van der Waals surface area (Å²) in [6.07, 6.45) is 7.82. The molecule has 0 aromatic rings. The molecule has 2 aliphatic heterocycles. The average Bonchev–Trinajstić information content (AvgIpc) is 3.06. The third-order valence-corrected chi connectivity index (χ3v) is 5.31. The van der Waals surface area contributed by atoms with Gasteiger partial charge < -0.3 is 9.80 Å². The summed E-state index contributed by atoms with van der Waals surface area (Å²) >= 11 is 0. The largest absolute Gasteiger partial charge is 0.321 e. The Balaban J connectivity index is 1.50. The predicted octanol–water partition coefficient (Wildman–Crippen LogP) is 2.08. The molecule has 0 aromatic heterocycles. The van der Waals surface area contributed by atoms with Crippen molar-refractivity contribution in [2.45, 2.75) is 50.6 Å². The predicted molar refractivity (Wildman–Crippen MR) is 61.1 cm³/mol. The molecule has 16 heavy (non-hydrogen) atoms. The first-order chi connectivity index (χ1) is 7.81. The molecule has 4 aliphatic rings. The van der Waals surface area contributed by atoms with Gasteiger partial charge in [0.25, 0.3) is 0 Å². The highest BCUT2D eigenvalue weighted by molar-refractivity contribution is 5.76. The van der Waals surface area contributed by atoms with E-state index >= 15 is 0 Å². The molecule has 3 nitrogen and oxygen atoms in total. The number of urea groups is 1. The van der Waals surface area contributed by atoms with Gasteiger partial charge in [-0.15, -0.1) is 0 Å². The van der Waals surface area contributed by atoms with Gasteiger partial charge in [0.1, 0.15) is 0 Å². The van der Waals surface area contributed by atoms with E-state index in [1.165, 1.54) is 38.5 Å². The van der Waals surface area contributed by atoms with Crippen molar-refractivity contribution in [3.05, 3.63) is 0 Å². The Labute approximate surface area is 96.8 Å².